The number of fused-ring (bicyclic) bond motifs is 1. The Morgan fingerprint density at radius 3 is 2.63 bits per heavy atom. The summed E-state index contributed by atoms with van der Waals surface area (Å²) in [5.74, 6) is 1.23. The normalized spacial score (nSPS) is 13.3. The van der Waals surface area contributed by atoms with Gasteiger partial charge in [-0.25, -0.2) is 9.97 Å². The van der Waals surface area contributed by atoms with Crippen molar-refractivity contribution in [3.63, 3.8) is 0 Å². The van der Waals surface area contributed by atoms with Gasteiger partial charge in [0, 0.05) is 50.2 Å². The van der Waals surface area contributed by atoms with E-state index in [-0.39, 0.29) is 17.2 Å². The summed E-state index contributed by atoms with van der Waals surface area (Å²) in [6.45, 7) is 0.903. The van der Waals surface area contributed by atoms with Crippen molar-refractivity contribution in [3.05, 3.63) is 57.9 Å². The Bertz CT molecular complexity index is 1040. The Morgan fingerprint density at radius 2 is 1.96 bits per heavy atom. The van der Waals surface area contributed by atoms with Gasteiger partial charge in [0.25, 0.3) is 11.5 Å². The van der Waals surface area contributed by atoms with Gasteiger partial charge in [-0.15, -0.1) is 0 Å². The van der Waals surface area contributed by atoms with Crippen LogP contribution in [0.25, 0.3) is 11.4 Å². The van der Waals surface area contributed by atoms with Gasteiger partial charge in [0.15, 0.2) is 5.82 Å². The van der Waals surface area contributed by atoms with Crippen LogP contribution in [0, 0.1) is 0 Å². The second-order valence-electron chi connectivity index (χ2n) is 6.58. The van der Waals surface area contributed by atoms with E-state index in [1.165, 1.54) is 6.07 Å². The van der Waals surface area contributed by atoms with Crippen molar-refractivity contribution in [3.8, 4) is 11.4 Å². The number of carbonyl (C=O) groups excluding carboxylic acids is 1. The summed E-state index contributed by atoms with van der Waals surface area (Å²) in [7, 11) is 3.89. The molecule has 1 amide bonds. The Balaban J connectivity index is 1.72. The van der Waals surface area contributed by atoms with Crippen LogP contribution in [-0.2, 0) is 13.0 Å². The van der Waals surface area contributed by atoms with Gasteiger partial charge in [0.05, 0.1) is 12.2 Å². The second-order valence-corrected chi connectivity index (χ2v) is 6.58. The topological polar surface area (TPSA) is 111 Å². The summed E-state index contributed by atoms with van der Waals surface area (Å²) in [4.78, 5) is 41.1. The highest BCUT2D eigenvalue weighted by atomic mass is 16.2. The quantitative estimate of drug-likeness (QED) is 0.711. The molecule has 2 N–H and O–H groups in total. The third-order valence-electron chi connectivity index (χ3n) is 4.52. The van der Waals surface area contributed by atoms with Crippen LogP contribution in [-0.4, -0.2) is 56.6 Å². The lowest BCUT2D eigenvalue weighted by molar-refractivity contribution is 0.0726. The fourth-order valence-electron chi connectivity index (χ4n) is 3.20. The lowest BCUT2D eigenvalue weighted by atomic mass is 10.0. The fourth-order valence-corrected chi connectivity index (χ4v) is 3.20. The van der Waals surface area contributed by atoms with Crippen molar-refractivity contribution in [1.82, 2.24) is 30.0 Å². The number of aromatic amines is 2. The van der Waals surface area contributed by atoms with Gasteiger partial charge < -0.3 is 9.80 Å². The van der Waals surface area contributed by atoms with Crippen molar-refractivity contribution in [1.29, 1.82) is 0 Å². The number of carbonyl (C=O) groups is 1. The first-order valence-electron chi connectivity index (χ1n) is 8.57. The third-order valence-corrected chi connectivity index (χ3v) is 4.52. The smallest absolute Gasteiger partial charge is 0.272 e. The zero-order valence-electron chi connectivity index (χ0n) is 15.1. The number of amides is 1. The summed E-state index contributed by atoms with van der Waals surface area (Å²) in [6, 6.07) is 4.99. The molecule has 0 fully saturated rings. The summed E-state index contributed by atoms with van der Waals surface area (Å²) >= 11 is 0. The van der Waals surface area contributed by atoms with Crippen LogP contribution in [0.5, 0.6) is 0 Å². The number of nitrogens with zero attached hydrogens (tertiary/aromatic N) is 5. The number of hydrogen-bond donors (Lipinski definition) is 2. The molecule has 1 aliphatic rings. The molecule has 0 radical (unpaired) electrons. The number of pyridine rings is 1. The maximum Gasteiger partial charge on any atom is 0.272 e. The lowest BCUT2D eigenvalue weighted by Crippen LogP contribution is -2.37. The van der Waals surface area contributed by atoms with E-state index < -0.39 is 0 Å². The van der Waals surface area contributed by atoms with Crippen LogP contribution in [0.3, 0.4) is 0 Å². The molecule has 0 spiro atoms. The summed E-state index contributed by atoms with van der Waals surface area (Å²) in [6.07, 6.45) is 4.05. The van der Waals surface area contributed by atoms with Gasteiger partial charge >= 0.3 is 0 Å². The Morgan fingerprint density at radius 1 is 1.19 bits per heavy atom. The third kappa shape index (κ3) is 3.19. The van der Waals surface area contributed by atoms with E-state index in [1.54, 1.807) is 17.3 Å². The molecule has 4 rings (SSSR count). The lowest BCUT2D eigenvalue weighted by Gasteiger charge is -2.30. The molecule has 138 valence electrons. The maximum atomic E-state index is 12.7. The molecule has 4 heterocycles. The van der Waals surface area contributed by atoms with Crippen molar-refractivity contribution >= 4 is 11.7 Å². The molecule has 27 heavy (non-hydrogen) atoms. The molecule has 1 aliphatic heterocycles. The average molecular weight is 365 g/mol. The predicted octanol–water partition coefficient (Wildman–Crippen LogP) is 0.819. The first-order chi connectivity index (χ1) is 13.0. The first-order valence-corrected chi connectivity index (χ1v) is 8.57. The molecule has 3 aromatic heterocycles. The van der Waals surface area contributed by atoms with Crippen molar-refractivity contribution in [2.45, 2.75) is 13.0 Å². The van der Waals surface area contributed by atoms with E-state index in [2.05, 4.69) is 15.2 Å². The summed E-state index contributed by atoms with van der Waals surface area (Å²) in [5, 5.41) is 5.01. The van der Waals surface area contributed by atoms with Crippen LogP contribution >= 0.6 is 0 Å². The number of rotatable bonds is 3. The molecule has 0 bridgehead atoms. The molecule has 9 nitrogen and oxygen atoms in total. The Hall–Kier alpha value is -3.49. The highest BCUT2D eigenvalue weighted by Gasteiger charge is 2.27. The van der Waals surface area contributed by atoms with Crippen LogP contribution in [0.15, 0.2) is 35.4 Å². The zero-order valence-corrected chi connectivity index (χ0v) is 15.1. The predicted molar refractivity (Wildman–Crippen MR) is 99.4 cm³/mol. The van der Waals surface area contributed by atoms with Gasteiger partial charge in [-0.3, -0.25) is 24.8 Å². The second kappa shape index (κ2) is 6.67. The van der Waals surface area contributed by atoms with E-state index in [9.17, 15) is 9.59 Å². The number of aromatic nitrogens is 5. The standard InChI is InChI=1S/C18H19N7O2/c1-24(2)17-12-5-8-25(18(27)13-9-15(26)23-22-13)10-14(12)20-16(21-17)11-3-6-19-7-4-11/h3-4,6-7,9H,5,8,10H2,1-2H3,(H2,22,23,26). The molecule has 0 unspecified atom stereocenters. The summed E-state index contributed by atoms with van der Waals surface area (Å²) < 4.78 is 0. The van der Waals surface area contributed by atoms with Gasteiger partial charge in [0.2, 0.25) is 0 Å². The van der Waals surface area contributed by atoms with Crippen LogP contribution < -0.4 is 10.5 Å². The highest BCUT2D eigenvalue weighted by molar-refractivity contribution is 5.92. The summed E-state index contributed by atoms with van der Waals surface area (Å²) in [5.41, 5.74) is 2.66. The van der Waals surface area contributed by atoms with E-state index in [4.69, 9.17) is 9.97 Å². The number of H-pyrrole nitrogens is 2. The Kier molecular flexibility index (Phi) is 4.19. The molecular weight excluding hydrogens is 346 g/mol. The van der Waals surface area contributed by atoms with Gasteiger partial charge in [-0.2, -0.15) is 0 Å². The molecule has 0 aliphatic carbocycles. The molecule has 0 saturated heterocycles. The van der Waals surface area contributed by atoms with E-state index in [1.807, 2.05) is 31.1 Å². The van der Waals surface area contributed by atoms with Crippen LogP contribution in [0.2, 0.25) is 0 Å². The molecule has 3 aromatic rings. The largest absolute Gasteiger partial charge is 0.362 e. The molecule has 0 atom stereocenters. The average Bonchev–Trinajstić information content (AvgIpc) is 3.13. The van der Waals surface area contributed by atoms with E-state index >= 15 is 0 Å². The molecule has 0 saturated carbocycles. The highest BCUT2D eigenvalue weighted by Crippen LogP contribution is 2.28. The van der Waals surface area contributed by atoms with Crippen molar-refractivity contribution in [2.75, 3.05) is 25.5 Å². The minimum atomic E-state index is -0.326. The zero-order chi connectivity index (χ0) is 19.0. The maximum absolute atomic E-state index is 12.7. The molecule has 0 aromatic carbocycles. The van der Waals surface area contributed by atoms with E-state index in [0.717, 1.165) is 22.6 Å². The fraction of sp³-hybridized carbons (Fsp3) is 0.278. The van der Waals surface area contributed by atoms with Crippen LogP contribution in [0.1, 0.15) is 21.7 Å². The van der Waals surface area contributed by atoms with Crippen molar-refractivity contribution < 1.29 is 4.79 Å². The monoisotopic (exact) mass is 365 g/mol. The minimum Gasteiger partial charge on any atom is -0.362 e. The molecular formula is C18H19N7O2. The first kappa shape index (κ1) is 17.0. The minimum absolute atomic E-state index is 0.227. The number of anilines is 1. The number of nitrogens with one attached hydrogen (secondary N) is 2. The van der Waals surface area contributed by atoms with Crippen LogP contribution in [0.4, 0.5) is 5.82 Å². The molecule has 9 heteroatoms. The van der Waals surface area contributed by atoms with Crippen molar-refractivity contribution in [2.24, 2.45) is 0 Å². The van der Waals surface area contributed by atoms with Gasteiger partial charge in [-0.05, 0) is 18.6 Å². The SMILES string of the molecule is CN(C)c1nc(-c2ccncc2)nc2c1CCN(C(=O)c1cc(=O)[nH][nH]1)C2. The van der Waals surface area contributed by atoms with Gasteiger partial charge in [-0.1, -0.05) is 0 Å². The van der Waals surface area contributed by atoms with E-state index in [0.29, 0.717) is 25.3 Å². The Labute approximate surface area is 155 Å². The van der Waals surface area contributed by atoms with Gasteiger partial charge in [0.1, 0.15) is 11.5 Å². The number of hydrogen-bond acceptors (Lipinski definition) is 6.